The first-order valence-corrected chi connectivity index (χ1v) is 8.81. The van der Waals surface area contributed by atoms with Crippen molar-refractivity contribution >= 4 is 0 Å². The second kappa shape index (κ2) is 5.08. The zero-order valence-electron chi connectivity index (χ0n) is 13.2. The second-order valence-corrected chi connectivity index (χ2v) is 7.99. The van der Waals surface area contributed by atoms with E-state index < -0.39 is 0 Å². The van der Waals surface area contributed by atoms with Crippen LogP contribution in [0.3, 0.4) is 0 Å². The molecule has 21 heavy (non-hydrogen) atoms. The van der Waals surface area contributed by atoms with E-state index in [1.54, 1.807) is 6.33 Å². The van der Waals surface area contributed by atoms with Gasteiger partial charge in [-0.3, -0.25) is 4.68 Å². The zero-order valence-corrected chi connectivity index (χ0v) is 13.2. The van der Waals surface area contributed by atoms with Crippen molar-refractivity contribution in [1.82, 2.24) is 14.8 Å². The number of aromatic nitrogens is 3. The Bertz CT molecular complexity index is 471. The molecule has 0 spiro atoms. The maximum Gasteiger partial charge on any atom is 0.138 e. The van der Waals surface area contributed by atoms with Gasteiger partial charge in [0, 0.05) is 19.0 Å². The van der Waals surface area contributed by atoms with E-state index in [1.165, 1.54) is 38.5 Å². The maximum atomic E-state index is 6.75. The van der Waals surface area contributed by atoms with E-state index in [0.29, 0.717) is 5.41 Å². The molecule has 4 aliphatic carbocycles. The first-order valence-electron chi connectivity index (χ1n) is 8.81. The van der Waals surface area contributed by atoms with E-state index in [1.807, 2.05) is 0 Å². The van der Waals surface area contributed by atoms with Gasteiger partial charge < -0.3 is 5.73 Å². The molecule has 1 aromatic rings. The number of hydrogen-bond acceptors (Lipinski definition) is 3. The summed E-state index contributed by atoms with van der Waals surface area (Å²) in [6.45, 7) is 3.15. The molecule has 1 atom stereocenters. The predicted octanol–water partition coefficient (Wildman–Crippen LogP) is 2.77. The topological polar surface area (TPSA) is 56.7 Å². The minimum Gasteiger partial charge on any atom is -0.327 e. The van der Waals surface area contributed by atoms with Crippen molar-refractivity contribution in [2.45, 2.75) is 70.9 Å². The highest BCUT2D eigenvalue weighted by Gasteiger charge is 2.53. The third-order valence-electron chi connectivity index (χ3n) is 6.41. The van der Waals surface area contributed by atoms with Gasteiger partial charge in [-0.15, -0.1) is 0 Å². The molecule has 116 valence electrons. The summed E-state index contributed by atoms with van der Waals surface area (Å²) < 4.78 is 2.06. The van der Waals surface area contributed by atoms with Crippen molar-refractivity contribution in [1.29, 1.82) is 0 Å². The Balaban J connectivity index is 1.52. The van der Waals surface area contributed by atoms with Crippen LogP contribution in [0.5, 0.6) is 0 Å². The molecule has 4 saturated carbocycles. The quantitative estimate of drug-likeness (QED) is 0.906. The van der Waals surface area contributed by atoms with Crippen molar-refractivity contribution in [3.63, 3.8) is 0 Å². The van der Waals surface area contributed by atoms with Crippen molar-refractivity contribution < 1.29 is 0 Å². The molecule has 4 fully saturated rings. The summed E-state index contributed by atoms with van der Waals surface area (Å²) in [6, 6.07) is 0.269. The highest BCUT2D eigenvalue weighted by atomic mass is 15.3. The summed E-state index contributed by atoms with van der Waals surface area (Å²) in [7, 11) is 0. The fraction of sp³-hybridized carbons (Fsp3) is 0.882. The van der Waals surface area contributed by atoms with E-state index in [0.717, 1.165) is 43.0 Å². The van der Waals surface area contributed by atoms with Crippen LogP contribution < -0.4 is 5.73 Å². The fourth-order valence-electron chi connectivity index (χ4n) is 5.89. The summed E-state index contributed by atoms with van der Waals surface area (Å²) in [6.07, 6.45) is 12.3. The van der Waals surface area contributed by atoms with Gasteiger partial charge in [0.25, 0.3) is 0 Å². The Morgan fingerprint density at radius 2 is 1.86 bits per heavy atom. The van der Waals surface area contributed by atoms with Crippen LogP contribution in [0, 0.1) is 23.2 Å². The zero-order chi connectivity index (χ0) is 14.4. The molecule has 0 radical (unpaired) electrons. The van der Waals surface area contributed by atoms with Gasteiger partial charge in [0.05, 0.1) is 0 Å². The van der Waals surface area contributed by atoms with E-state index in [4.69, 9.17) is 5.73 Å². The van der Waals surface area contributed by atoms with Gasteiger partial charge in [-0.1, -0.05) is 6.92 Å². The highest BCUT2D eigenvalue weighted by molar-refractivity contribution is 5.07. The molecule has 4 heteroatoms. The van der Waals surface area contributed by atoms with Gasteiger partial charge in [-0.25, -0.2) is 4.98 Å². The first kappa shape index (κ1) is 13.7. The lowest BCUT2D eigenvalue weighted by Crippen LogP contribution is -2.55. The summed E-state index contributed by atoms with van der Waals surface area (Å²) in [5, 5.41) is 4.36. The minimum atomic E-state index is 0.269. The third kappa shape index (κ3) is 2.32. The lowest BCUT2D eigenvalue weighted by molar-refractivity contribution is -0.0671. The predicted molar refractivity (Wildman–Crippen MR) is 82.6 cm³/mol. The van der Waals surface area contributed by atoms with E-state index in [-0.39, 0.29) is 6.04 Å². The van der Waals surface area contributed by atoms with Gasteiger partial charge in [0.1, 0.15) is 12.2 Å². The van der Waals surface area contributed by atoms with E-state index >= 15 is 0 Å². The van der Waals surface area contributed by atoms with Crippen LogP contribution in [0.2, 0.25) is 0 Å². The van der Waals surface area contributed by atoms with Gasteiger partial charge >= 0.3 is 0 Å². The standard InChI is InChI=1S/C17H28N4/c1-2-3-21-16(19-11-20-21)7-15(18)17-8-12-4-13(9-17)6-14(5-12)10-17/h11-15H,2-10,18H2,1H3. The molecule has 4 aliphatic rings. The summed E-state index contributed by atoms with van der Waals surface area (Å²) in [4.78, 5) is 4.47. The van der Waals surface area contributed by atoms with Crippen LogP contribution in [0.1, 0.15) is 57.7 Å². The molecule has 2 N–H and O–H groups in total. The van der Waals surface area contributed by atoms with Crippen LogP contribution >= 0.6 is 0 Å². The van der Waals surface area contributed by atoms with Crippen molar-refractivity contribution in [2.24, 2.45) is 28.9 Å². The lowest BCUT2D eigenvalue weighted by Gasteiger charge is -2.59. The van der Waals surface area contributed by atoms with Crippen molar-refractivity contribution in [3.8, 4) is 0 Å². The largest absolute Gasteiger partial charge is 0.327 e. The van der Waals surface area contributed by atoms with Crippen LogP contribution in [-0.4, -0.2) is 20.8 Å². The maximum absolute atomic E-state index is 6.75. The van der Waals surface area contributed by atoms with Crippen molar-refractivity contribution in [3.05, 3.63) is 12.2 Å². The summed E-state index contributed by atoms with van der Waals surface area (Å²) in [5.74, 6) is 4.00. The van der Waals surface area contributed by atoms with Gasteiger partial charge in [0.15, 0.2) is 0 Å². The molecular formula is C17H28N4. The van der Waals surface area contributed by atoms with Gasteiger partial charge in [-0.2, -0.15) is 5.10 Å². The minimum absolute atomic E-state index is 0.269. The van der Waals surface area contributed by atoms with Gasteiger partial charge in [-0.05, 0) is 68.1 Å². The normalized spacial score (nSPS) is 38.9. The van der Waals surface area contributed by atoms with Gasteiger partial charge in [0.2, 0.25) is 0 Å². The molecule has 1 heterocycles. The molecule has 4 bridgehead atoms. The smallest absolute Gasteiger partial charge is 0.138 e. The number of rotatable bonds is 5. The first-order chi connectivity index (χ1) is 10.2. The Hall–Kier alpha value is -0.900. The molecule has 5 rings (SSSR count). The number of nitrogens with two attached hydrogens (primary N) is 1. The molecule has 1 aromatic heterocycles. The van der Waals surface area contributed by atoms with Crippen LogP contribution in [0.4, 0.5) is 0 Å². The number of aryl methyl sites for hydroxylation is 1. The van der Waals surface area contributed by atoms with Crippen LogP contribution in [0.25, 0.3) is 0 Å². The Labute approximate surface area is 127 Å². The molecule has 1 unspecified atom stereocenters. The lowest BCUT2D eigenvalue weighted by atomic mass is 9.47. The monoisotopic (exact) mass is 288 g/mol. The summed E-state index contributed by atoms with van der Waals surface area (Å²) >= 11 is 0. The Morgan fingerprint density at radius 3 is 2.43 bits per heavy atom. The molecule has 0 aromatic carbocycles. The Morgan fingerprint density at radius 1 is 1.24 bits per heavy atom. The summed E-state index contributed by atoms with van der Waals surface area (Å²) in [5.41, 5.74) is 7.16. The van der Waals surface area contributed by atoms with Crippen molar-refractivity contribution in [2.75, 3.05) is 0 Å². The van der Waals surface area contributed by atoms with Crippen LogP contribution in [0.15, 0.2) is 6.33 Å². The van der Waals surface area contributed by atoms with E-state index in [9.17, 15) is 0 Å². The van der Waals surface area contributed by atoms with E-state index in [2.05, 4.69) is 21.7 Å². The molecule has 4 nitrogen and oxygen atoms in total. The van der Waals surface area contributed by atoms with Crippen LogP contribution in [-0.2, 0) is 13.0 Å². The highest BCUT2D eigenvalue weighted by Crippen LogP contribution is 2.61. The molecule has 0 aliphatic heterocycles. The third-order valence-corrected chi connectivity index (χ3v) is 6.41. The molecule has 0 amide bonds. The SMILES string of the molecule is CCCn1ncnc1CC(N)C12CC3CC(CC(C3)C1)C2. The Kier molecular flexibility index (Phi) is 3.32. The molecular weight excluding hydrogens is 260 g/mol. The fourth-order valence-corrected chi connectivity index (χ4v) is 5.89. The second-order valence-electron chi connectivity index (χ2n) is 7.99. The average Bonchev–Trinajstić information content (AvgIpc) is 2.85. The molecule has 0 saturated heterocycles. The number of hydrogen-bond donors (Lipinski definition) is 1. The average molecular weight is 288 g/mol. The number of nitrogens with zero attached hydrogens (tertiary/aromatic N) is 3.